The van der Waals surface area contributed by atoms with E-state index in [0.717, 1.165) is 32.1 Å². The predicted octanol–water partition coefficient (Wildman–Crippen LogP) is 2.83. The molecule has 3 atom stereocenters. The van der Waals surface area contributed by atoms with Gasteiger partial charge in [-0.15, -0.1) is 0 Å². The van der Waals surface area contributed by atoms with Crippen molar-refractivity contribution in [2.75, 3.05) is 0 Å². The number of ketones is 1. The van der Waals surface area contributed by atoms with Gasteiger partial charge in [0.1, 0.15) is 17.9 Å². The van der Waals surface area contributed by atoms with Crippen LogP contribution in [0, 0.1) is 11.7 Å². The Morgan fingerprint density at radius 3 is 2.15 bits per heavy atom. The van der Waals surface area contributed by atoms with Crippen LogP contribution in [-0.2, 0) is 25.6 Å². The third-order valence-electron chi connectivity index (χ3n) is 7.15. The normalized spacial score (nSPS) is 15.7. The summed E-state index contributed by atoms with van der Waals surface area (Å²) in [6.07, 6.45) is 4.70. The van der Waals surface area contributed by atoms with Gasteiger partial charge < -0.3 is 21.3 Å². The number of halogens is 1. The smallest absolute Gasteiger partial charge is 0.289 e. The van der Waals surface area contributed by atoms with Crippen molar-refractivity contribution < 1.29 is 28.4 Å². The monoisotopic (exact) mass is 566 g/mol. The van der Waals surface area contributed by atoms with Crippen molar-refractivity contribution in [3.63, 3.8) is 0 Å². The van der Waals surface area contributed by atoms with E-state index in [-0.39, 0.29) is 18.4 Å². The number of hydrogen-bond donors (Lipinski definition) is 4. The van der Waals surface area contributed by atoms with Gasteiger partial charge in [0.2, 0.25) is 17.6 Å². The van der Waals surface area contributed by atoms with Crippen molar-refractivity contribution in [1.29, 1.82) is 0 Å². The van der Waals surface area contributed by atoms with Gasteiger partial charge in [-0.3, -0.25) is 24.0 Å². The molecule has 10 heteroatoms. The highest BCUT2D eigenvalue weighted by Gasteiger charge is 2.33. The van der Waals surface area contributed by atoms with Gasteiger partial charge in [0.25, 0.3) is 11.8 Å². The Bertz CT molecular complexity index is 1230. The van der Waals surface area contributed by atoms with Crippen LogP contribution in [0.1, 0.15) is 68.8 Å². The van der Waals surface area contributed by atoms with Gasteiger partial charge in [-0.2, -0.15) is 0 Å². The van der Waals surface area contributed by atoms with Gasteiger partial charge >= 0.3 is 0 Å². The minimum atomic E-state index is -1.12. The lowest BCUT2D eigenvalue weighted by molar-refractivity contribution is -0.141. The van der Waals surface area contributed by atoms with Crippen LogP contribution in [0.25, 0.3) is 0 Å². The van der Waals surface area contributed by atoms with E-state index in [9.17, 15) is 28.4 Å². The number of nitrogens with one attached hydrogen (secondary N) is 4. The van der Waals surface area contributed by atoms with Crippen molar-refractivity contribution in [3.05, 3.63) is 71.5 Å². The lowest BCUT2D eigenvalue weighted by Gasteiger charge is -2.26. The molecule has 0 heterocycles. The number of Topliss-reactive ketones (excluding diaryl/α,β-unsaturated/α-hetero) is 1. The van der Waals surface area contributed by atoms with Crippen LogP contribution in [0.15, 0.2) is 54.6 Å². The minimum Gasteiger partial charge on any atom is -0.347 e. The largest absolute Gasteiger partial charge is 0.347 e. The van der Waals surface area contributed by atoms with Crippen LogP contribution in [0.3, 0.4) is 0 Å². The average Bonchev–Trinajstić information content (AvgIpc) is 2.95. The molecular weight excluding hydrogens is 527 g/mol. The first-order valence-electron chi connectivity index (χ1n) is 14.1. The lowest BCUT2D eigenvalue weighted by Crippen LogP contribution is -2.57. The van der Waals surface area contributed by atoms with Crippen LogP contribution in [-0.4, -0.2) is 53.6 Å². The Morgan fingerprint density at radius 2 is 1.51 bits per heavy atom. The van der Waals surface area contributed by atoms with Gasteiger partial charge in [0.15, 0.2) is 0 Å². The molecule has 1 fully saturated rings. The number of carbonyl (C=O) groups excluding carboxylic acids is 5. The highest BCUT2D eigenvalue weighted by atomic mass is 19.1. The van der Waals surface area contributed by atoms with Crippen LogP contribution < -0.4 is 21.3 Å². The first kappa shape index (κ1) is 31.4. The Hall–Kier alpha value is -4.08. The number of benzene rings is 2. The zero-order chi connectivity index (χ0) is 29.9. The Morgan fingerprint density at radius 1 is 0.829 bits per heavy atom. The zero-order valence-electron chi connectivity index (χ0n) is 23.7. The SMILES string of the molecule is CC(C)[C@H](NC(=O)[C@H](C)NC(=O)[C@@H](Cc1cccc(F)c1)NC(=O)c1ccccc1)C(=O)C(=O)NC1CCCCC1. The molecule has 0 aliphatic heterocycles. The molecule has 4 N–H and O–H groups in total. The molecule has 1 aliphatic rings. The fourth-order valence-electron chi connectivity index (χ4n) is 4.78. The van der Waals surface area contributed by atoms with E-state index in [2.05, 4.69) is 21.3 Å². The molecule has 3 rings (SSSR count). The van der Waals surface area contributed by atoms with E-state index in [0.29, 0.717) is 11.1 Å². The molecule has 9 nitrogen and oxygen atoms in total. The second-order valence-electron chi connectivity index (χ2n) is 10.9. The molecule has 0 saturated heterocycles. The Kier molecular flexibility index (Phi) is 11.6. The molecule has 0 unspecified atom stereocenters. The van der Waals surface area contributed by atoms with E-state index in [1.807, 2.05) is 0 Å². The molecule has 1 aliphatic carbocycles. The standard InChI is InChI=1S/C31H39FN4O5/c1-19(2)26(27(37)31(41)34-24-15-8-5-9-16-24)36-28(38)20(3)33-30(40)25(18-21-11-10-14-23(32)17-21)35-29(39)22-12-6-4-7-13-22/h4,6-7,10-14,17,19-20,24-26H,5,8-9,15-16,18H2,1-3H3,(H,33,40)(H,34,41)(H,35,39)(H,36,38)/t20-,25+,26-/m0/s1. The second-order valence-corrected chi connectivity index (χ2v) is 10.9. The summed E-state index contributed by atoms with van der Waals surface area (Å²) in [5.74, 6) is -4.16. The number of amides is 4. The highest BCUT2D eigenvalue weighted by molar-refractivity contribution is 6.38. The second kappa shape index (κ2) is 15.1. The van der Waals surface area contributed by atoms with Gasteiger partial charge in [-0.05, 0) is 55.5 Å². The molecule has 41 heavy (non-hydrogen) atoms. The summed E-state index contributed by atoms with van der Waals surface area (Å²) in [7, 11) is 0. The maximum Gasteiger partial charge on any atom is 0.289 e. The van der Waals surface area contributed by atoms with Gasteiger partial charge in [-0.1, -0.05) is 63.4 Å². The third kappa shape index (κ3) is 9.51. The lowest BCUT2D eigenvalue weighted by atomic mass is 9.94. The number of hydrogen-bond acceptors (Lipinski definition) is 5. The zero-order valence-corrected chi connectivity index (χ0v) is 23.7. The number of carbonyl (C=O) groups is 5. The molecule has 220 valence electrons. The number of rotatable bonds is 12. The Labute approximate surface area is 240 Å². The van der Waals surface area contributed by atoms with Crippen LogP contribution in [0.2, 0.25) is 0 Å². The first-order chi connectivity index (χ1) is 19.5. The topological polar surface area (TPSA) is 133 Å². The molecule has 1 saturated carbocycles. The van der Waals surface area contributed by atoms with Gasteiger partial charge in [-0.25, -0.2) is 4.39 Å². The Balaban J connectivity index is 1.66. The predicted molar refractivity (Wildman–Crippen MR) is 152 cm³/mol. The van der Waals surface area contributed by atoms with E-state index in [1.54, 1.807) is 50.2 Å². The van der Waals surface area contributed by atoms with Crippen LogP contribution >= 0.6 is 0 Å². The van der Waals surface area contributed by atoms with E-state index in [1.165, 1.54) is 25.1 Å². The van der Waals surface area contributed by atoms with Gasteiger partial charge in [0.05, 0.1) is 6.04 Å². The third-order valence-corrected chi connectivity index (χ3v) is 7.15. The van der Waals surface area contributed by atoms with Crippen molar-refractivity contribution in [2.24, 2.45) is 5.92 Å². The maximum atomic E-state index is 13.8. The summed E-state index contributed by atoms with van der Waals surface area (Å²) in [4.78, 5) is 64.7. The average molecular weight is 567 g/mol. The van der Waals surface area contributed by atoms with E-state index in [4.69, 9.17) is 0 Å². The van der Waals surface area contributed by atoms with Crippen molar-refractivity contribution >= 4 is 29.4 Å². The summed E-state index contributed by atoms with van der Waals surface area (Å²) >= 11 is 0. The quantitative estimate of drug-likeness (QED) is 0.293. The summed E-state index contributed by atoms with van der Waals surface area (Å²) in [6.45, 7) is 4.87. The highest BCUT2D eigenvalue weighted by Crippen LogP contribution is 2.17. The maximum absolute atomic E-state index is 13.8. The minimum absolute atomic E-state index is 0.0229. The van der Waals surface area contributed by atoms with Crippen molar-refractivity contribution in [2.45, 2.75) is 83.5 Å². The van der Waals surface area contributed by atoms with Crippen LogP contribution in [0.4, 0.5) is 4.39 Å². The van der Waals surface area contributed by atoms with Gasteiger partial charge in [0, 0.05) is 18.0 Å². The fraction of sp³-hybridized carbons (Fsp3) is 0.452. The van der Waals surface area contributed by atoms with Crippen molar-refractivity contribution in [3.8, 4) is 0 Å². The molecule has 2 aromatic rings. The molecule has 0 spiro atoms. The van der Waals surface area contributed by atoms with E-state index >= 15 is 0 Å². The molecule has 4 amide bonds. The molecular formula is C31H39FN4O5. The summed E-state index contributed by atoms with van der Waals surface area (Å²) in [5.41, 5.74) is 0.810. The summed E-state index contributed by atoms with van der Waals surface area (Å²) < 4.78 is 13.8. The molecule has 0 bridgehead atoms. The van der Waals surface area contributed by atoms with Crippen LogP contribution in [0.5, 0.6) is 0 Å². The van der Waals surface area contributed by atoms with E-state index < -0.39 is 53.4 Å². The molecule has 0 aromatic heterocycles. The summed E-state index contributed by atoms with van der Waals surface area (Å²) in [5, 5.41) is 10.6. The molecule has 0 radical (unpaired) electrons. The molecule has 2 aromatic carbocycles. The fourth-order valence-corrected chi connectivity index (χ4v) is 4.78. The van der Waals surface area contributed by atoms with Crippen molar-refractivity contribution in [1.82, 2.24) is 21.3 Å². The summed E-state index contributed by atoms with van der Waals surface area (Å²) in [6, 6.07) is 10.6. The first-order valence-corrected chi connectivity index (χ1v) is 14.1.